The molecule has 0 aliphatic heterocycles. The van der Waals surface area contributed by atoms with E-state index in [1.807, 2.05) is 6.92 Å². The van der Waals surface area contributed by atoms with Crippen LogP contribution in [0.25, 0.3) is 0 Å². The number of hydrogen-bond donors (Lipinski definition) is 2. The molecular weight excluding hydrogens is 404 g/mol. The van der Waals surface area contributed by atoms with Crippen LogP contribution in [0.2, 0.25) is 0 Å². The molecule has 0 aliphatic rings. The predicted molar refractivity (Wildman–Crippen MR) is 115 cm³/mol. The number of nitro groups is 2. The maximum Gasteiger partial charge on any atom is 0.300 e. The molecule has 1 amide bonds. The molecule has 31 heavy (non-hydrogen) atoms. The maximum atomic E-state index is 12.7. The lowest BCUT2D eigenvalue weighted by Crippen LogP contribution is -2.14. The van der Waals surface area contributed by atoms with Gasteiger partial charge in [0.1, 0.15) is 5.75 Å². The molecule has 10 nitrogen and oxygen atoms in total. The van der Waals surface area contributed by atoms with Crippen LogP contribution in [-0.4, -0.2) is 22.9 Å². The van der Waals surface area contributed by atoms with Crippen LogP contribution in [0.5, 0.6) is 5.75 Å². The van der Waals surface area contributed by atoms with Gasteiger partial charge in [0, 0.05) is 17.8 Å². The zero-order valence-electron chi connectivity index (χ0n) is 16.6. The number of methoxy groups -OCH3 is 1. The fourth-order valence-electron chi connectivity index (χ4n) is 2.88. The molecule has 0 aliphatic carbocycles. The van der Waals surface area contributed by atoms with Gasteiger partial charge in [0.15, 0.2) is 5.69 Å². The third-order valence-electron chi connectivity index (χ3n) is 4.43. The Labute approximate surface area is 176 Å². The van der Waals surface area contributed by atoms with Crippen molar-refractivity contribution in [3.05, 3.63) is 92.0 Å². The van der Waals surface area contributed by atoms with Gasteiger partial charge in [0.2, 0.25) is 0 Å². The van der Waals surface area contributed by atoms with Crippen LogP contribution in [-0.2, 0) is 0 Å². The first-order valence-corrected chi connectivity index (χ1v) is 9.05. The highest BCUT2D eigenvalue weighted by atomic mass is 16.6. The van der Waals surface area contributed by atoms with Crippen molar-refractivity contribution >= 4 is 34.3 Å². The first kappa shape index (κ1) is 21.2. The summed E-state index contributed by atoms with van der Waals surface area (Å²) in [6.07, 6.45) is 0. The monoisotopic (exact) mass is 422 g/mol. The van der Waals surface area contributed by atoms with E-state index in [0.29, 0.717) is 17.1 Å². The van der Waals surface area contributed by atoms with Gasteiger partial charge in [-0.2, -0.15) is 0 Å². The van der Waals surface area contributed by atoms with Crippen LogP contribution in [0.15, 0.2) is 60.7 Å². The molecule has 10 heteroatoms. The van der Waals surface area contributed by atoms with Gasteiger partial charge in [-0.1, -0.05) is 29.8 Å². The maximum absolute atomic E-state index is 12.7. The lowest BCUT2D eigenvalue weighted by molar-refractivity contribution is -0.392. The highest BCUT2D eigenvalue weighted by Crippen LogP contribution is 2.38. The summed E-state index contributed by atoms with van der Waals surface area (Å²) in [7, 11) is 1.42. The molecule has 0 atom stereocenters. The number of para-hydroxylation sites is 2. The lowest BCUT2D eigenvalue weighted by atomic mass is 10.1. The van der Waals surface area contributed by atoms with Crippen LogP contribution in [0.3, 0.4) is 0 Å². The van der Waals surface area contributed by atoms with Gasteiger partial charge in [-0.15, -0.1) is 0 Å². The zero-order chi connectivity index (χ0) is 22.5. The molecule has 0 unspecified atom stereocenters. The first-order chi connectivity index (χ1) is 14.8. The Bertz CT molecular complexity index is 1130. The van der Waals surface area contributed by atoms with Gasteiger partial charge in [-0.25, -0.2) is 0 Å². The molecule has 0 fully saturated rings. The Balaban J connectivity index is 2.04. The zero-order valence-corrected chi connectivity index (χ0v) is 16.6. The summed E-state index contributed by atoms with van der Waals surface area (Å²) in [4.78, 5) is 34.5. The van der Waals surface area contributed by atoms with E-state index >= 15 is 0 Å². The number of nitrogens with one attached hydrogen (secondary N) is 2. The largest absolute Gasteiger partial charge is 0.495 e. The normalized spacial score (nSPS) is 10.3. The minimum absolute atomic E-state index is 0.237. The fraction of sp³-hybridized carbons (Fsp3) is 0.0952. The van der Waals surface area contributed by atoms with Crippen LogP contribution in [0.1, 0.15) is 15.9 Å². The van der Waals surface area contributed by atoms with E-state index in [9.17, 15) is 25.0 Å². The van der Waals surface area contributed by atoms with Crippen molar-refractivity contribution in [3.63, 3.8) is 0 Å². The molecule has 0 aromatic heterocycles. The van der Waals surface area contributed by atoms with Crippen LogP contribution >= 0.6 is 0 Å². The highest BCUT2D eigenvalue weighted by Gasteiger charge is 2.29. The van der Waals surface area contributed by atoms with Gasteiger partial charge >= 0.3 is 11.4 Å². The van der Waals surface area contributed by atoms with Crippen molar-refractivity contribution in [1.82, 2.24) is 0 Å². The molecule has 0 heterocycles. The molecular formula is C21H18N4O6. The van der Waals surface area contributed by atoms with E-state index in [1.165, 1.54) is 7.11 Å². The lowest BCUT2D eigenvalue weighted by Gasteiger charge is -2.12. The van der Waals surface area contributed by atoms with E-state index in [1.54, 1.807) is 48.5 Å². The molecule has 158 valence electrons. The van der Waals surface area contributed by atoms with Gasteiger partial charge in [0.05, 0.1) is 28.2 Å². The SMILES string of the molecule is COc1ccccc1NC(=O)c1cc([N+](=O)[O-])c(Nc2ccc(C)cc2)c([N+](=O)[O-])c1. The van der Waals surface area contributed by atoms with Crippen molar-refractivity contribution < 1.29 is 19.4 Å². The van der Waals surface area contributed by atoms with Crippen molar-refractivity contribution in [2.75, 3.05) is 17.7 Å². The van der Waals surface area contributed by atoms with Gasteiger partial charge in [-0.3, -0.25) is 25.0 Å². The molecule has 2 N–H and O–H groups in total. The second-order valence-electron chi connectivity index (χ2n) is 6.55. The number of nitrogens with zero attached hydrogens (tertiary/aromatic N) is 2. The number of benzene rings is 3. The standard InChI is InChI=1S/C21H18N4O6/c1-13-7-9-15(10-8-13)22-20-17(24(27)28)11-14(12-18(20)25(29)30)21(26)23-16-5-3-4-6-19(16)31-2/h3-12,22H,1-2H3,(H,23,26). The van der Waals surface area contributed by atoms with Crippen molar-refractivity contribution in [2.45, 2.75) is 6.92 Å². The number of carbonyl (C=O) groups is 1. The molecule has 3 rings (SSSR count). The quantitative estimate of drug-likeness (QED) is 0.411. The third kappa shape index (κ3) is 4.75. The number of ether oxygens (including phenoxy) is 1. The minimum Gasteiger partial charge on any atom is -0.495 e. The Morgan fingerprint density at radius 1 is 0.935 bits per heavy atom. The molecule has 0 saturated heterocycles. The number of hydrogen-bond acceptors (Lipinski definition) is 7. The van der Waals surface area contributed by atoms with Crippen LogP contribution < -0.4 is 15.4 Å². The van der Waals surface area contributed by atoms with E-state index in [2.05, 4.69) is 10.6 Å². The summed E-state index contributed by atoms with van der Waals surface area (Å²) in [6, 6.07) is 15.4. The number of carbonyl (C=O) groups excluding carboxylic acids is 1. The summed E-state index contributed by atoms with van der Waals surface area (Å²) in [5.41, 5.74) is -0.0329. The van der Waals surface area contributed by atoms with Crippen LogP contribution in [0.4, 0.5) is 28.4 Å². The predicted octanol–water partition coefficient (Wildman–Crippen LogP) is 4.82. The topological polar surface area (TPSA) is 137 Å². The number of rotatable bonds is 7. The molecule has 0 spiro atoms. The van der Waals surface area contributed by atoms with E-state index in [-0.39, 0.29) is 11.3 Å². The first-order valence-electron chi connectivity index (χ1n) is 9.05. The van der Waals surface area contributed by atoms with Gasteiger partial charge in [-0.05, 0) is 31.2 Å². The van der Waals surface area contributed by atoms with Crippen LogP contribution in [0, 0.1) is 27.2 Å². The Hall–Kier alpha value is -4.47. The smallest absolute Gasteiger partial charge is 0.300 e. The summed E-state index contributed by atoms with van der Waals surface area (Å²) >= 11 is 0. The number of amides is 1. The average Bonchev–Trinajstić information content (AvgIpc) is 2.75. The number of nitro benzene ring substituents is 2. The van der Waals surface area contributed by atoms with E-state index in [4.69, 9.17) is 4.74 Å². The molecule has 0 radical (unpaired) electrons. The Morgan fingerprint density at radius 3 is 2.06 bits per heavy atom. The molecule has 3 aromatic rings. The Kier molecular flexibility index (Phi) is 6.10. The number of anilines is 3. The van der Waals surface area contributed by atoms with E-state index < -0.39 is 27.1 Å². The second-order valence-corrected chi connectivity index (χ2v) is 6.55. The minimum atomic E-state index is -0.774. The van der Waals surface area contributed by atoms with Gasteiger partial charge in [0.25, 0.3) is 5.91 Å². The van der Waals surface area contributed by atoms with Gasteiger partial charge < -0.3 is 15.4 Å². The average molecular weight is 422 g/mol. The highest BCUT2D eigenvalue weighted by molar-refractivity contribution is 6.06. The third-order valence-corrected chi connectivity index (χ3v) is 4.43. The second kappa shape index (κ2) is 8.91. The summed E-state index contributed by atoms with van der Waals surface area (Å²) in [5, 5.41) is 28.6. The Morgan fingerprint density at radius 2 is 1.52 bits per heavy atom. The summed E-state index contributed by atoms with van der Waals surface area (Å²) < 4.78 is 5.16. The summed E-state index contributed by atoms with van der Waals surface area (Å²) in [5.74, 6) is -0.380. The molecule has 3 aromatic carbocycles. The number of aryl methyl sites for hydroxylation is 1. The fourth-order valence-corrected chi connectivity index (χ4v) is 2.88. The van der Waals surface area contributed by atoms with Crippen molar-refractivity contribution in [3.8, 4) is 5.75 Å². The molecule has 0 bridgehead atoms. The summed E-state index contributed by atoms with van der Waals surface area (Å²) in [6.45, 7) is 1.86. The van der Waals surface area contributed by atoms with Crippen molar-refractivity contribution in [2.24, 2.45) is 0 Å². The van der Waals surface area contributed by atoms with Crippen molar-refractivity contribution in [1.29, 1.82) is 0 Å². The molecule has 0 saturated carbocycles. The van der Waals surface area contributed by atoms with E-state index in [0.717, 1.165) is 17.7 Å².